The molecule has 0 bridgehead atoms. The van der Waals surface area contributed by atoms with Gasteiger partial charge in [-0.2, -0.15) is 0 Å². The lowest BCUT2D eigenvalue weighted by Crippen LogP contribution is -2.46. The molecule has 7 nitrogen and oxygen atoms in total. The summed E-state index contributed by atoms with van der Waals surface area (Å²) in [6.45, 7) is 5.49. The van der Waals surface area contributed by atoms with Gasteiger partial charge < -0.3 is 20.5 Å². The van der Waals surface area contributed by atoms with Crippen molar-refractivity contribution < 1.29 is 24.2 Å². The number of alkyl carbamates (subject to hydrolysis) is 1. The van der Waals surface area contributed by atoms with E-state index >= 15 is 0 Å². The standard InChI is InChI=1S/C25H30N2O5/c1-16(14-22(28)27-25(2,3)13-12-23(29)30)26-24(31)32-15-21-19-10-6-4-8-17(19)18-9-5-7-11-20(18)21/h4-11,16,21H,12-15H2,1-3H3,(H,26,31)(H,27,28)(H,29,30)/t16-/m1/s1. The first kappa shape index (κ1) is 23.3. The summed E-state index contributed by atoms with van der Waals surface area (Å²) in [5, 5.41) is 14.3. The van der Waals surface area contributed by atoms with Crippen LogP contribution in [0.15, 0.2) is 48.5 Å². The lowest BCUT2D eigenvalue weighted by molar-refractivity contribution is -0.137. The molecule has 7 heteroatoms. The number of benzene rings is 2. The third-order valence-corrected chi connectivity index (χ3v) is 5.64. The summed E-state index contributed by atoms with van der Waals surface area (Å²) in [5.74, 6) is -1.19. The maximum Gasteiger partial charge on any atom is 0.407 e. The van der Waals surface area contributed by atoms with E-state index in [2.05, 4.69) is 34.9 Å². The number of ether oxygens (including phenoxy) is 1. The van der Waals surface area contributed by atoms with E-state index in [1.54, 1.807) is 20.8 Å². The Labute approximate surface area is 188 Å². The van der Waals surface area contributed by atoms with Crippen LogP contribution in [-0.4, -0.2) is 41.3 Å². The van der Waals surface area contributed by atoms with E-state index < -0.39 is 23.6 Å². The van der Waals surface area contributed by atoms with E-state index in [-0.39, 0.29) is 31.3 Å². The topological polar surface area (TPSA) is 105 Å². The average Bonchev–Trinajstić information content (AvgIpc) is 3.04. The molecule has 0 unspecified atom stereocenters. The minimum Gasteiger partial charge on any atom is -0.481 e. The summed E-state index contributed by atoms with van der Waals surface area (Å²) in [4.78, 5) is 35.4. The highest BCUT2D eigenvalue weighted by Gasteiger charge is 2.29. The average molecular weight is 439 g/mol. The Balaban J connectivity index is 1.50. The Morgan fingerprint density at radius 3 is 2.16 bits per heavy atom. The van der Waals surface area contributed by atoms with Crippen LogP contribution < -0.4 is 10.6 Å². The molecule has 0 fully saturated rings. The Kier molecular flexibility index (Phi) is 7.18. The van der Waals surface area contributed by atoms with Gasteiger partial charge in [0.1, 0.15) is 6.61 Å². The number of carboxylic acid groups (broad SMARTS) is 1. The van der Waals surface area contributed by atoms with E-state index in [0.717, 1.165) is 22.3 Å². The van der Waals surface area contributed by atoms with Crippen LogP contribution in [0.3, 0.4) is 0 Å². The molecule has 1 aliphatic carbocycles. The molecule has 170 valence electrons. The monoisotopic (exact) mass is 438 g/mol. The third kappa shape index (κ3) is 5.87. The summed E-state index contributed by atoms with van der Waals surface area (Å²) in [6.07, 6.45) is -0.207. The first-order valence-electron chi connectivity index (χ1n) is 10.8. The molecule has 32 heavy (non-hydrogen) atoms. The lowest BCUT2D eigenvalue weighted by atomic mass is 9.98. The van der Waals surface area contributed by atoms with Crippen molar-refractivity contribution in [2.24, 2.45) is 0 Å². The summed E-state index contributed by atoms with van der Waals surface area (Å²) in [5.41, 5.74) is 3.95. The summed E-state index contributed by atoms with van der Waals surface area (Å²) < 4.78 is 5.51. The van der Waals surface area contributed by atoms with Crippen molar-refractivity contribution >= 4 is 18.0 Å². The van der Waals surface area contributed by atoms with Gasteiger partial charge in [0.25, 0.3) is 0 Å². The minimum absolute atomic E-state index is 0.0261. The Hall–Kier alpha value is -3.35. The molecule has 1 atom stereocenters. The van der Waals surface area contributed by atoms with Gasteiger partial charge in [0.2, 0.25) is 5.91 Å². The van der Waals surface area contributed by atoms with Crippen LogP contribution in [0.2, 0.25) is 0 Å². The molecule has 1 aliphatic rings. The number of carbonyl (C=O) groups excluding carboxylic acids is 2. The lowest BCUT2D eigenvalue weighted by Gasteiger charge is -2.26. The van der Waals surface area contributed by atoms with Crippen molar-refractivity contribution in [2.45, 2.75) is 57.5 Å². The highest BCUT2D eigenvalue weighted by atomic mass is 16.5. The Bertz CT molecular complexity index is 956. The number of hydrogen-bond acceptors (Lipinski definition) is 4. The van der Waals surface area contributed by atoms with Crippen LogP contribution in [0.1, 0.15) is 57.1 Å². The molecule has 3 N–H and O–H groups in total. The Morgan fingerprint density at radius 1 is 1.03 bits per heavy atom. The van der Waals surface area contributed by atoms with Crippen molar-refractivity contribution in [3.05, 3.63) is 59.7 Å². The van der Waals surface area contributed by atoms with Gasteiger partial charge in [-0.15, -0.1) is 0 Å². The number of nitrogens with one attached hydrogen (secondary N) is 2. The Morgan fingerprint density at radius 2 is 1.59 bits per heavy atom. The number of amides is 2. The molecule has 0 radical (unpaired) electrons. The third-order valence-electron chi connectivity index (χ3n) is 5.64. The molecule has 0 aromatic heterocycles. The van der Waals surface area contributed by atoms with Gasteiger partial charge in [0, 0.05) is 30.3 Å². The van der Waals surface area contributed by atoms with Gasteiger partial charge in [-0.25, -0.2) is 4.79 Å². The fourth-order valence-electron chi connectivity index (χ4n) is 4.08. The number of carbonyl (C=O) groups is 3. The van der Waals surface area contributed by atoms with Crippen molar-refractivity contribution in [3.8, 4) is 11.1 Å². The van der Waals surface area contributed by atoms with E-state index in [1.807, 2.05) is 24.3 Å². The van der Waals surface area contributed by atoms with Crippen LogP contribution in [0.25, 0.3) is 11.1 Å². The van der Waals surface area contributed by atoms with Crippen molar-refractivity contribution in [2.75, 3.05) is 6.61 Å². The predicted octanol–water partition coefficient (Wildman–Crippen LogP) is 4.06. The molecule has 0 aliphatic heterocycles. The minimum atomic E-state index is -0.905. The van der Waals surface area contributed by atoms with Crippen LogP contribution in [-0.2, 0) is 14.3 Å². The molecule has 3 rings (SSSR count). The second kappa shape index (κ2) is 9.85. The fourth-order valence-corrected chi connectivity index (χ4v) is 4.08. The predicted molar refractivity (Wildman–Crippen MR) is 121 cm³/mol. The molecule has 0 saturated heterocycles. The quantitative estimate of drug-likeness (QED) is 0.548. The maximum absolute atomic E-state index is 12.3. The smallest absolute Gasteiger partial charge is 0.407 e. The molecule has 0 spiro atoms. The number of hydrogen-bond donors (Lipinski definition) is 3. The van der Waals surface area contributed by atoms with Crippen molar-refractivity contribution in [1.29, 1.82) is 0 Å². The van der Waals surface area contributed by atoms with Gasteiger partial charge in [-0.1, -0.05) is 48.5 Å². The maximum atomic E-state index is 12.3. The van der Waals surface area contributed by atoms with E-state index in [1.165, 1.54) is 0 Å². The highest BCUT2D eigenvalue weighted by molar-refractivity contribution is 5.80. The second-order valence-corrected chi connectivity index (χ2v) is 8.90. The van der Waals surface area contributed by atoms with Gasteiger partial charge in [0.15, 0.2) is 0 Å². The number of fused-ring (bicyclic) bond motifs is 3. The molecule has 2 aromatic rings. The number of carboxylic acids is 1. The number of rotatable bonds is 9. The second-order valence-electron chi connectivity index (χ2n) is 8.90. The first-order valence-corrected chi connectivity index (χ1v) is 10.8. The molecule has 0 saturated carbocycles. The van der Waals surface area contributed by atoms with Gasteiger partial charge in [-0.3, -0.25) is 9.59 Å². The van der Waals surface area contributed by atoms with Crippen LogP contribution in [0.5, 0.6) is 0 Å². The molecule has 2 amide bonds. The highest BCUT2D eigenvalue weighted by Crippen LogP contribution is 2.44. The summed E-state index contributed by atoms with van der Waals surface area (Å²) in [6, 6.07) is 15.8. The number of aliphatic carboxylic acids is 1. The zero-order valence-corrected chi connectivity index (χ0v) is 18.7. The zero-order chi connectivity index (χ0) is 23.3. The van der Waals surface area contributed by atoms with Gasteiger partial charge >= 0.3 is 12.1 Å². The summed E-state index contributed by atoms with van der Waals surface area (Å²) in [7, 11) is 0. The zero-order valence-electron chi connectivity index (χ0n) is 18.7. The van der Waals surface area contributed by atoms with Crippen LogP contribution >= 0.6 is 0 Å². The van der Waals surface area contributed by atoms with E-state index in [4.69, 9.17) is 9.84 Å². The molecule has 2 aromatic carbocycles. The molecular weight excluding hydrogens is 408 g/mol. The van der Waals surface area contributed by atoms with Crippen molar-refractivity contribution in [1.82, 2.24) is 10.6 Å². The van der Waals surface area contributed by atoms with Crippen LogP contribution in [0.4, 0.5) is 4.79 Å². The van der Waals surface area contributed by atoms with E-state index in [9.17, 15) is 14.4 Å². The van der Waals surface area contributed by atoms with Crippen molar-refractivity contribution in [3.63, 3.8) is 0 Å². The van der Waals surface area contributed by atoms with E-state index in [0.29, 0.717) is 6.42 Å². The van der Waals surface area contributed by atoms with Gasteiger partial charge in [-0.05, 0) is 49.4 Å². The van der Waals surface area contributed by atoms with Gasteiger partial charge in [0.05, 0.1) is 0 Å². The normalized spacial score (nSPS) is 13.6. The molecular formula is C25H30N2O5. The fraction of sp³-hybridized carbons (Fsp3) is 0.400. The summed E-state index contributed by atoms with van der Waals surface area (Å²) >= 11 is 0. The van der Waals surface area contributed by atoms with Crippen LogP contribution in [0, 0.1) is 0 Å². The first-order chi connectivity index (χ1) is 15.2. The largest absolute Gasteiger partial charge is 0.481 e. The SMILES string of the molecule is C[C@H](CC(=O)NC(C)(C)CCC(=O)O)NC(=O)OCC1c2ccccc2-c2ccccc21. The molecule has 0 heterocycles.